The summed E-state index contributed by atoms with van der Waals surface area (Å²) in [5, 5.41) is 9.66. The molecule has 0 aliphatic heterocycles. The molecule has 76 valence electrons. The van der Waals surface area contributed by atoms with Gasteiger partial charge in [-0.2, -0.15) is 0 Å². The molecule has 2 heteroatoms. The lowest BCUT2D eigenvalue weighted by atomic mass is 9.99. The van der Waals surface area contributed by atoms with Crippen LogP contribution in [0.3, 0.4) is 0 Å². The molecule has 0 unspecified atom stereocenters. The van der Waals surface area contributed by atoms with E-state index in [0.29, 0.717) is 0 Å². The van der Waals surface area contributed by atoms with Gasteiger partial charge in [0, 0.05) is 5.56 Å². The third kappa shape index (κ3) is 2.00. The van der Waals surface area contributed by atoms with E-state index in [1.807, 2.05) is 42.5 Å². The Labute approximate surface area is 89.0 Å². The van der Waals surface area contributed by atoms with Crippen molar-refractivity contribution >= 4 is 0 Å². The first-order valence-corrected chi connectivity index (χ1v) is 4.87. The molecule has 0 spiro atoms. The first kappa shape index (κ1) is 9.74. The van der Waals surface area contributed by atoms with Crippen molar-refractivity contribution in [1.82, 2.24) is 0 Å². The fourth-order valence-electron chi connectivity index (χ4n) is 1.59. The minimum Gasteiger partial charge on any atom is -0.508 e. The number of aromatic hydroxyl groups is 1. The van der Waals surface area contributed by atoms with E-state index < -0.39 is 0 Å². The summed E-state index contributed by atoms with van der Waals surface area (Å²) in [5.74, 6) is 0.244. The highest BCUT2D eigenvalue weighted by molar-refractivity contribution is 5.40. The molecule has 0 saturated carbocycles. The molecule has 0 saturated heterocycles. The van der Waals surface area contributed by atoms with Gasteiger partial charge in [-0.15, -0.1) is 0 Å². The highest BCUT2D eigenvalue weighted by Crippen LogP contribution is 2.26. The molecule has 2 aromatic carbocycles. The molecule has 0 bridgehead atoms. The summed E-state index contributed by atoms with van der Waals surface area (Å²) in [6.07, 6.45) is 0. The molecular weight excluding hydrogens is 186 g/mol. The maximum absolute atomic E-state index is 9.66. The molecule has 0 aliphatic carbocycles. The van der Waals surface area contributed by atoms with E-state index in [2.05, 4.69) is 0 Å². The van der Waals surface area contributed by atoms with Crippen LogP contribution in [0.25, 0.3) is 0 Å². The van der Waals surface area contributed by atoms with Crippen molar-refractivity contribution in [2.24, 2.45) is 5.73 Å². The third-order valence-electron chi connectivity index (χ3n) is 2.43. The van der Waals surface area contributed by atoms with Crippen LogP contribution in [0.5, 0.6) is 5.75 Å². The number of rotatable bonds is 2. The summed E-state index contributed by atoms with van der Waals surface area (Å²) in [4.78, 5) is 0. The topological polar surface area (TPSA) is 46.2 Å². The highest BCUT2D eigenvalue weighted by atomic mass is 16.3. The average Bonchev–Trinajstić information content (AvgIpc) is 2.30. The second kappa shape index (κ2) is 4.15. The van der Waals surface area contributed by atoms with Crippen molar-refractivity contribution in [3.05, 3.63) is 65.7 Å². The lowest BCUT2D eigenvalue weighted by Crippen LogP contribution is -2.11. The quantitative estimate of drug-likeness (QED) is 0.780. The van der Waals surface area contributed by atoms with Crippen LogP contribution in [0.1, 0.15) is 17.2 Å². The van der Waals surface area contributed by atoms with Crippen molar-refractivity contribution < 1.29 is 5.11 Å². The van der Waals surface area contributed by atoms with Crippen LogP contribution in [-0.4, -0.2) is 5.11 Å². The van der Waals surface area contributed by atoms with Gasteiger partial charge in [0.2, 0.25) is 0 Å². The Kier molecular flexibility index (Phi) is 2.70. The van der Waals surface area contributed by atoms with E-state index in [0.717, 1.165) is 11.1 Å². The molecular formula is C13H13NO. The fourth-order valence-corrected chi connectivity index (χ4v) is 1.59. The number of hydrogen-bond acceptors (Lipinski definition) is 2. The van der Waals surface area contributed by atoms with Gasteiger partial charge in [-0.1, -0.05) is 48.5 Å². The van der Waals surface area contributed by atoms with Crippen LogP contribution in [0, 0.1) is 0 Å². The summed E-state index contributed by atoms with van der Waals surface area (Å²) in [6, 6.07) is 16.6. The molecule has 15 heavy (non-hydrogen) atoms. The second-order valence-electron chi connectivity index (χ2n) is 3.45. The summed E-state index contributed by atoms with van der Waals surface area (Å²) in [7, 11) is 0. The van der Waals surface area contributed by atoms with E-state index in [1.165, 1.54) is 0 Å². The minimum absolute atomic E-state index is 0.244. The molecule has 1 atom stereocenters. The fraction of sp³-hybridized carbons (Fsp3) is 0.0769. The second-order valence-corrected chi connectivity index (χ2v) is 3.45. The molecule has 2 nitrogen and oxygen atoms in total. The zero-order valence-corrected chi connectivity index (χ0v) is 8.30. The van der Waals surface area contributed by atoms with Gasteiger partial charge in [-0.05, 0) is 11.6 Å². The Balaban J connectivity index is 2.37. The number of benzene rings is 2. The molecule has 0 fully saturated rings. The molecule has 2 rings (SSSR count). The Hall–Kier alpha value is -1.80. The van der Waals surface area contributed by atoms with Gasteiger partial charge >= 0.3 is 0 Å². The smallest absolute Gasteiger partial charge is 0.120 e. The van der Waals surface area contributed by atoms with Gasteiger partial charge in [-0.3, -0.25) is 0 Å². The lowest BCUT2D eigenvalue weighted by molar-refractivity contribution is 0.465. The summed E-state index contributed by atoms with van der Waals surface area (Å²) in [6.45, 7) is 0. The number of phenolic OH excluding ortho intramolecular Hbond substituents is 1. The Morgan fingerprint density at radius 1 is 0.867 bits per heavy atom. The van der Waals surface area contributed by atoms with Gasteiger partial charge in [0.1, 0.15) is 5.75 Å². The van der Waals surface area contributed by atoms with Crippen LogP contribution in [-0.2, 0) is 0 Å². The number of phenols is 1. The van der Waals surface area contributed by atoms with Gasteiger partial charge < -0.3 is 10.8 Å². The van der Waals surface area contributed by atoms with Crippen molar-refractivity contribution in [3.8, 4) is 5.75 Å². The molecule has 2 aromatic rings. The Morgan fingerprint density at radius 2 is 1.47 bits per heavy atom. The zero-order chi connectivity index (χ0) is 10.7. The predicted octanol–water partition coefficient (Wildman–Crippen LogP) is 2.44. The Morgan fingerprint density at radius 3 is 2.13 bits per heavy atom. The summed E-state index contributed by atoms with van der Waals surface area (Å²) < 4.78 is 0. The van der Waals surface area contributed by atoms with Gasteiger partial charge in [-0.25, -0.2) is 0 Å². The van der Waals surface area contributed by atoms with Crippen molar-refractivity contribution in [2.75, 3.05) is 0 Å². The van der Waals surface area contributed by atoms with Gasteiger partial charge in [0.05, 0.1) is 6.04 Å². The first-order chi connectivity index (χ1) is 7.29. The van der Waals surface area contributed by atoms with Crippen LogP contribution < -0.4 is 5.73 Å². The van der Waals surface area contributed by atoms with Crippen molar-refractivity contribution in [1.29, 1.82) is 0 Å². The van der Waals surface area contributed by atoms with Gasteiger partial charge in [0.15, 0.2) is 0 Å². The molecule has 0 aromatic heterocycles. The first-order valence-electron chi connectivity index (χ1n) is 4.87. The van der Waals surface area contributed by atoms with E-state index in [1.54, 1.807) is 12.1 Å². The third-order valence-corrected chi connectivity index (χ3v) is 2.43. The van der Waals surface area contributed by atoms with Crippen molar-refractivity contribution in [2.45, 2.75) is 6.04 Å². The highest BCUT2D eigenvalue weighted by Gasteiger charge is 2.11. The molecule has 0 amide bonds. The molecule has 0 heterocycles. The predicted molar refractivity (Wildman–Crippen MR) is 60.6 cm³/mol. The summed E-state index contributed by atoms with van der Waals surface area (Å²) in [5.41, 5.74) is 7.81. The van der Waals surface area contributed by atoms with E-state index in [9.17, 15) is 5.11 Å². The normalized spacial score (nSPS) is 12.3. The standard InChI is InChI=1S/C13H13NO/c14-13(10-6-2-1-3-7-10)11-8-4-5-9-12(11)15/h1-9,13,15H,14H2/t13-/m1/s1. The monoisotopic (exact) mass is 199 g/mol. The SMILES string of the molecule is N[C@H](c1ccccc1)c1ccccc1O. The zero-order valence-electron chi connectivity index (χ0n) is 8.30. The van der Waals surface area contributed by atoms with Crippen molar-refractivity contribution in [3.63, 3.8) is 0 Å². The maximum Gasteiger partial charge on any atom is 0.120 e. The molecule has 0 aliphatic rings. The summed E-state index contributed by atoms with van der Waals surface area (Å²) >= 11 is 0. The van der Waals surface area contributed by atoms with Crippen LogP contribution in [0.4, 0.5) is 0 Å². The van der Waals surface area contributed by atoms with Crippen LogP contribution in [0.15, 0.2) is 54.6 Å². The number of nitrogens with two attached hydrogens (primary N) is 1. The largest absolute Gasteiger partial charge is 0.508 e. The maximum atomic E-state index is 9.66. The molecule has 0 radical (unpaired) electrons. The van der Waals surface area contributed by atoms with E-state index >= 15 is 0 Å². The molecule has 3 N–H and O–H groups in total. The lowest BCUT2D eigenvalue weighted by Gasteiger charge is -2.13. The average molecular weight is 199 g/mol. The van der Waals surface area contributed by atoms with Crippen LogP contribution in [0.2, 0.25) is 0 Å². The van der Waals surface area contributed by atoms with E-state index in [-0.39, 0.29) is 11.8 Å². The number of hydrogen-bond donors (Lipinski definition) is 2. The minimum atomic E-state index is -0.271. The van der Waals surface area contributed by atoms with Gasteiger partial charge in [0.25, 0.3) is 0 Å². The van der Waals surface area contributed by atoms with E-state index in [4.69, 9.17) is 5.73 Å². The number of para-hydroxylation sites is 1. The van der Waals surface area contributed by atoms with Crippen LogP contribution >= 0.6 is 0 Å². The Bertz CT molecular complexity index is 439.